The number of aryl methyl sites for hydroxylation is 1. The second-order valence-electron chi connectivity index (χ2n) is 7.22. The Balaban J connectivity index is 1.81. The molecule has 4 rings (SSSR count). The van der Waals surface area contributed by atoms with Crippen LogP contribution >= 0.6 is 11.6 Å². The zero-order chi connectivity index (χ0) is 21.1. The van der Waals surface area contributed by atoms with Gasteiger partial charge < -0.3 is 0 Å². The van der Waals surface area contributed by atoms with E-state index >= 15 is 0 Å². The number of amides is 2. The number of urea groups is 1. The van der Waals surface area contributed by atoms with Gasteiger partial charge >= 0.3 is 12.2 Å². The summed E-state index contributed by atoms with van der Waals surface area (Å²) in [6.45, 7) is 1.79. The summed E-state index contributed by atoms with van der Waals surface area (Å²) in [5.41, 5.74) is 0.300. The van der Waals surface area contributed by atoms with Crippen molar-refractivity contribution in [1.82, 2.24) is 0 Å². The van der Waals surface area contributed by atoms with Crippen LogP contribution in [0, 0.1) is 6.92 Å². The number of sulfone groups is 1. The van der Waals surface area contributed by atoms with Crippen molar-refractivity contribution in [2.24, 2.45) is 0 Å². The molecule has 2 aliphatic heterocycles. The molecule has 2 aliphatic rings. The third kappa shape index (κ3) is 3.46. The molecule has 0 saturated carbocycles. The number of halogens is 4. The van der Waals surface area contributed by atoms with E-state index in [-0.39, 0.29) is 17.2 Å². The maximum absolute atomic E-state index is 13.2. The van der Waals surface area contributed by atoms with Crippen LogP contribution in [0.3, 0.4) is 0 Å². The fourth-order valence-corrected chi connectivity index (χ4v) is 5.97. The summed E-state index contributed by atoms with van der Waals surface area (Å²) in [5, 5.41) is 0.408. The summed E-state index contributed by atoms with van der Waals surface area (Å²) in [6.07, 6.45) is -4.58. The van der Waals surface area contributed by atoms with Crippen LogP contribution in [0.5, 0.6) is 0 Å². The third-order valence-corrected chi connectivity index (χ3v) is 7.36. The van der Waals surface area contributed by atoms with Gasteiger partial charge in [-0.15, -0.1) is 0 Å². The first-order valence-corrected chi connectivity index (χ1v) is 10.9. The van der Waals surface area contributed by atoms with Crippen molar-refractivity contribution >= 4 is 38.8 Å². The average Bonchev–Trinajstić information content (AvgIpc) is 3.05. The topological polar surface area (TPSA) is 57.7 Å². The molecule has 2 amide bonds. The molecule has 154 valence electrons. The van der Waals surface area contributed by atoms with Gasteiger partial charge in [-0.1, -0.05) is 23.7 Å². The summed E-state index contributed by atoms with van der Waals surface area (Å²) in [7, 11) is -3.46. The van der Waals surface area contributed by atoms with Crippen LogP contribution in [0.25, 0.3) is 0 Å². The Morgan fingerprint density at radius 1 is 1.00 bits per heavy atom. The minimum atomic E-state index is -4.58. The Morgan fingerprint density at radius 2 is 1.59 bits per heavy atom. The number of rotatable bonds is 2. The zero-order valence-electron chi connectivity index (χ0n) is 15.1. The third-order valence-electron chi connectivity index (χ3n) is 5.25. The highest BCUT2D eigenvalue weighted by molar-refractivity contribution is 7.91. The van der Waals surface area contributed by atoms with Gasteiger partial charge in [0.2, 0.25) is 0 Å². The van der Waals surface area contributed by atoms with E-state index in [4.69, 9.17) is 11.6 Å². The average molecular weight is 445 g/mol. The van der Waals surface area contributed by atoms with Gasteiger partial charge in [0.15, 0.2) is 9.84 Å². The summed E-state index contributed by atoms with van der Waals surface area (Å²) < 4.78 is 64.0. The van der Waals surface area contributed by atoms with Crippen molar-refractivity contribution in [3.63, 3.8) is 0 Å². The predicted octanol–water partition coefficient (Wildman–Crippen LogP) is 4.28. The molecule has 2 fully saturated rings. The second kappa shape index (κ2) is 6.63. The van der Waals surface area contributed by atoms with E-state index in [1.807, 2.05) is 0 Å². The molecule has 0 N–H and O–H groups in total. The molecule has 10 heteroatoms. The minimum Gasteiger partial charge on any atom is -0.288 e. The number of hydrogen-bond acceptors (Lipinski definition) is 3. The van der Waals surface area contributed by atoms with Crippen molar-refractivity contribution in [3.8, 4) is 0 Å². The number of fused-ring (bicyclic) bond motifs is 1. The minimum absolute atomic E-state index is 0.0117. The van der Waals surface area contributed by atoms with E-state index in [0.717, 1.165) is 22.6 Å². The fourth-order valence-electron chi connectivity index (χ4n) is 3.87. The molecule has 2 aromatic carbocycles. The van der Waals surface area contributed by atoms with Crippen molar-refractivity contribution in [2.45, 2.75) is 25.2 Å². The van der Waals surface area contributed by atoms with Gasteiger partial charge in [-0.2, -0.15) is 13.2 Å². The molecule has 2 aromatic rings. The Bertz CT molecular complexity index is 1100. The Labute approximate surface area is 170 Å². The molecule has 2 heterocycles. The molecule has 0 unspecified atom stereocenters. The van der Waals surface area contributed by atoms with E-state index in [0.29, 0.717) is 10.7 Å². The lowest BCUT2D eigenvalue weighted by molar-refractivity contribution is -0.137. The highest BCUT2D eigenvalue weighted by atomic mass is 35.5. The van der Waals surface area contributed by atoms with Gasteiger partial charge in [0.05, 0.1) is 29.2 Å². The molecule has 2 atom stereocenters. The number of alkyl halides is 3. The Hall–Kier alpha value is -2.26. The van der Waals surface area contributed by atoms with Crippen LogP contribution in [0.2, 0.25) is 5.02 Å². The van der Waals surface area contributed by atoms with Gasteiger partial charge in [0, 0.05) is 16.4 Å². The van der Waals surface area contributed by atoms with E-state index in [1.54, 1.807) is 25.1 Å². The number of nitrogens with zero attached hydrogens (tertiary/aromatic N) is 2. The van der Waals surface area contributed by atoms with E-state index in [1.165, 1.54) is 17.0 Å². The number of hydrogen-bond donors (Lipinski definition) is 0. The van der Waals surface area contributed by atoms with Gasteiger partial charge in [-0.3, -0.25) is 9.80 Å². The zero-order valence-corrected chi connectivity index (χ0v) is 16.7. The number of carbonyl (C=O) groups excluding carboxylic acids is 1. The highest BCUT2D eigenvalue weighted by Crippen LogP contribution is 2.40. The van der Waals surface area contributed by atoms with Gasteiger partial charge in [0.25, 0.3) is 0 Å². The standard InChI is InChI=1S/C19H16ClF3N2O3S/c1-11-5-6-14(8-15(11)20)25-17-10-29(27,28)9-16(17)24(18(25)26)13-4-2-3-12(7-13)19(21,22)23/h2-8,16-17H,9-10H2,1H3/t16-,17+/m1/s1. The summed E-state index contributed by atoms with van der Waals surface area (Å²) >= 11 is 6.17. The largest absolute Gasteiger partial charge is 0.416 e. The number of anilines is 2. The Morgan fingerprint density at radius 3 is 2.14 bits per heavy atom. The number of carbonyl (C=O) groups is 1. The molecular weight excluding hydrogens is 429 g/mol. The lowest BCUT2D eigenvalue weighted by Crippen LogP contribution is -2.38. The monoisotopic (exact) mass is 444 g/mol. The maximum atomic E-state index is 13.2. The van der Waals surface area contributed by atoms with Crippen LogP contribution in [0.15, 0.2) is 42.5 Å². The second-order valence-corrected chi connectivity index (χ2v) is 9.78. The molecule has 29 heavy (non-hydrogen) atoms. The summed E-state index contributed by atoms with van der Waals surface area (Å²) in [6, 6.07) is 7.21. The molecule has 0 spiro atoms. The number of benzene rings is 2. The highest BCUT2D eigenvalue weighted by Gasteiger charge is 2.54. The van der Waals surface area contributed by atoms with Crippen LogP contribution < -0.4 is 9.80 Å². The van der Waals surface area contributed by atoms with E-state index < -0.39 is 39.7 Å². The van der Waals surface area contributed by atoms with Crippen LogP contribution in [-0.4, -0.2) is 38.0 Å². The molecule has 2 saturated heterocycles. The molecular formula is C19H16ClF3N2O3S. The van der Waals surface area contributed by atoms with Gasteiger partial charge in [-0.25, -0.2) is 13.2 Å². The predicted molar refractivity (Wildman–Crippen MR) is 104 cm³/mol. The Kier molecular flexibility index (Phi) is 4.58. The quantitative estimate of drug-likeness (QED) is 0.650. The molecule has 0 aromatic heterocycles. The van der Waals surface area contributed by atoms with Crippen LogP contribution in [0.1, 0.15) is 11.1 Å². The first kappa shape index (κ1) is 20.0. The van der Waals surface area contributed by atoms with Crippen molar-refractivity contribution in [2.75, 3.05) is 21.3 Å². The maximum Gasteiger partial charge on any atom is 0.416 e. The van der Waals surface area contributed by atoms with Crippen molar-refractivity contribution in [3.05, 3.63) is 58.6 Å². The SMILES string of the molecule is Cc1ccc(N2C(=O)N(c3cccc(C(F)(F)F)c3)[C@@H]3CS(=O)(=O)C[C@@H]32)cc1Cl. The summed E-state index contributed by atoms with van der Waals surface area (Å²) in [4.78, 5) is 15.7. The van der Waals surface area contributed by atoms with E-state index in [9.17, 15) is 26.4 Å². The molecule has 0 bridgehead atoms. The van der Waals surface area contributed by atoms with E-state index in [2.05, 4.69) is 0 Å². The van der Waals surface area contributed by atoms with Gasteiger partial charge in [0.1, 0.15) is 0 Å². The van der Waals surface area contributed by atoms with Crippen molar-refractivity contribution < 1.29 is 26.4 Å². The normalized spacial score (nSPS) is 23.6. The summed E-state index contributed by atoms with van der Waals surface area (Å²) in [5.74, 6) is -0.569. The van der Waals surface area contributed by atoms with Gasteiger partial charge in [-0.05, 0) is 42.8 Å². The first-order chi connectivity index (χ1) is 13.5. The van der Waals surface area contributed by atoms with Crippen LogP contribution in [0.4, 0.5) is 29.3 Å². The molecule has 5 nitrogen and oxygen atoms in total. The lowest BCUT2D eigenvalue weighted by Gasteiger charge is -2.23. The smallest absolute Gasteiger partial charge is 0.288 e. The molecule has 0 radical (unpaired) electrons. The van der Waals surface area contributed by atoms with Crippen molar-refractivity contribution in [1.29, 1.82) is 0 Å². The first-order valence-electron chi connectivity index (χ1n) is 8.74. The fraction of sp³-hybridized carbons (Fsp3) is 0.316. The molecule has 0 aliphatic carbocycles. The lowest BCUT2D eigenvalue weighted by atomic mass is 10.1. The van der Waals surface area contributed by atoms with Crippen LogP contribution in [-0.2, 0) is 16.0 Å².